The van der Waals surface area contributed by atoms with Crippen LogP contribution in [0.15, 0.2) is 0 Å². The number of likely N-dealkylation sites (tertiary alicyclic amines) is 1. The maximum absolute atomic E-state index is 11.8. The van der Waals surface area contributed by atoms with Crippen molar-refractivity contribution in [3.8, 4) is 0 Å². The summed E-state index contributed by atoms with van der Waals surface area (Å²) >= 11 is 0. The van der Waals surface area contributed by atoms with Gasteiger partial charge in [-0.15, -0.1) is 0 Å². The summed E-state index contributed by atoms with van der Waals surface area (Å²) in [5, 5.41) is 0. The van der Waals surface area contributed by atoms with Gasteiger partial charge in [0.15, 0.2) is 0 Å². The fourth-order valence-electron chi connectivity index (χ4n) is 2.17. The van der Waals surface area contributed by atoms with Crippen molar-refractivity contribution in [2.45, 2.75) is 39.5 Å². The van der Waals surface area contributed by atoms with Gasteiger partial charge in [-0.05, 0) is 31.2 Å². The topological polar surface area (TPSA) is 46.3 Å². The minimum Gasteiger partial charge on any atom is -0.342 e. The molecule has 1 fully saturated rings. The second kappa shape index (κ2) is 6.11. The summed E-state index contributed by atoms with van der Waals surface area (Å²) < 4.78 is 0. The van der Waals surface area contributed by atoms with E-state index in [1.165, 1.54) is 0 Å². The number of hydrogen-bond acceptors (Lipinski definition) is 2. The summed E-state index contributed by atoms with van der Waals surface area (Å²) in [6.45, 7) is 6.87. The van der Waals surface area contributed by atoms with Gasteiger partial charge >= 0.3 is 0 Å². The van der Waals surface area contributed by atoms with Crippen molar-refractivity contribution in [1.82, 2.24) is 4.90 Å². The number of amides is 1. The number of piperidine rings is 1. The van der Waals surface area contributed by atoms with E-state index in [1.807, 2.05) is 4.90 Å². The van der Waals surface area contributed by atoms with Crippen LogP contribution in [0.4, 0.5) is 0 Å². The van der Waals surface area contributed by atoms with Crippen LogP contribution in [-0.2, 0) is 4.79 Å². The minimum absolute atomic E-state index is 0.321. The van der Waals surface area contributed by atoms with Gasteiger partial charge < -0.3 is 10.6 Å². The van der Waals surface area contributed by atoms with Crippen molar-refractivity contribution in [2.75, 3.05) is 19.6 Å². The lowest BCUT2D eigenvalue weighted by Crippen LogP contribution is -2.45. The average Bonchev–Trinajstić information content (AvgIpc) is 2.26. The van der Waals surface area contributed by atoms with Crippen LogP contribution in [0.5, 0.6) is 0 Å². The summed E-state index contributed by atoms with van der Waals surface area (Å²) in [5.74, 6) is 1.50. The largest absolute Gasteiger partial charge is 0.342 e. The van der Waals surface area contributed by atoms with Crippen molar-refractivity contribution < 1.29 is 4.79 Å². The van der Waals surface area contributed by atoms with Crippen molar-refractivity contribution in [3.05, 3.63) is 0 Å². The Morgan fingerprint density at radius 2 is 2.27 bits per heavy atom. The van der Waals surface area contributed by atoms with E-state index in [2.05, 4.69) is 13.8 Å². The van der Waals surface area contributed by atoms with E-state index >= 15 is 0 Å². The standard InChI is InChI=1S/C12H24N2O/c1-3-4-5-12(15)14-7-6-10(2)11(8-13)9-14/h10-11H,3-9,13H2,1-2H3. The van der Waals surface area contributed by atoms with Gasteiger partial charge in [0.05, 0.1) is 0 Å². The Balaban J connectivity index is 2.40. The number of carbonyl (C=O) groups is 1. The molecule has 0 saturated carbocycles. The Hall–Kier alpha value is -0.570. The molecule has 2 atom stereocenters. The molecule has 3 nitrogen and oxygen atoms in total. The van der Waals surface area contributed by atoms with E-state index < -0.39 is 0 Å². The number of carbonyl (C=O) groups excluding carboxylic acids is 1. The second-order valence-electron chi connectivity index (χ2n) is 4.71. The van der Waals surface area contributed by atoms with Crippen molar-refractivity contribution in [2.24, 2.45) is 17.6 Å². The monoisotopic (exact) mass is 212 g/mol. The highest BCUT2D eigenvalue weighted by molar-refractivity contribution is 5.76. The van der Waals surface area contributed by atoms with E-state index in [-0.39, 0.29) is 0 Å². The third-order valence-corrected chi connectivity index (χ3v) is 3.51. The fraction of sp³-hybridized carbons (Fsp3) is 0.917. The molecular weight excluding hydrogens is 188 g/mol. The third kappa shape index (κ3) is 3.49. The van der Waals surface area contributed by atoms with Crippen LogP contribution in [0.3, 0.4) is 0 Å². The van der Waals surface area contributed by atoms with Gasteiger partial charge in [-0.3, -0.25) is 4.79 Å². The smallest absolute Gasteiger partial charge is 0.222 e. The normalized spacial score (nSPS) is 26.7. The Morgan fingerprint density at radius 3 is 2.87 bits per heavy atom. The molecule has 1 aliphatic rings. The number of nitrogens with zero attached hydrogens (tertiary/aromatic N) is 1. The lowest BCUT2D eigenvalue weighted by atomic mass is 9.87. The minimum atomic E-state index is 0.321. The summed E-state index contributed by atoms with van der Waals surface area (Å²) in [4.78, 5) is 13.8. The van der Waals surface area contributed by atoms with E-state index in [0.717, 1.165) is 32.4 Å². The quantitative estimate of drug-likeness (QED) is 0.769. The maximum Gasteiger partial charge on any atom is 0.222 e. The zero-order valence-electron chi connectivity index (χ0n) is 10.0. The van der Waals surface area contributed by atoms with Crippen molar-refractivity contribution >= 4 is 5.91 Å². The molecule has 0 spiro atoms. The summed E-state index contributed by atoms with van der Waals surface area (Å²) in [6.07, 6.45) is 3.93. The van der Waals surface area contributed by atoms with Crippen LogP contribution in [0, 0.1) is 11.8 Å². The second-order valence-corrected chi connectivity index (χ2v) is 4.71. The number of rotatable bonds is 4. The van der Waals surface area contributed by atoms with Gasteiger partial charge in [-0.1, -0.05) is 20.3 Å². The molecule has 1 rings (SSSR count). The van der Waals surface area contributed by atoms with Crippen LogP contribution in [-0.4, -0.2) is 30.4 Å². The maximum atomic E-state index is 11.8. The van der Waals surface area contributed by atoms with E-state index in [1.54, 1.807) is 0 Å². The molecule has 15 heavy (non-hydrogen) atoms. The zero-order chi connectivity index (χ0) is 11.3. The average molecular weight is 212 g/mol. The predicted octanol–water partition coefficient (Wildman–Crippen LogP) is 1.62. The molecule has 2 unspecified atom stereocenters. The molecular formula is C12H24N2O. The molecule has 0 bridgehead atoms. The van der Waals surface area contributed by atoms with E-state index in [0.29, 0.717) is 30.7 Å². The van der Waals surface area contributed by atoms with Crippen LogP contribution in [0.2, 0.25) is 0 Å². The van der Waals surface area contributed by atoms with Crippen LogP contribution >= 0.6 is 0 Å². The fourth-order valence-corrected chi connectivity index (χ4v) is 2.17. The number of hydrogen-bond donors (Lipinski definition) is 1. The van der Waals surface area contributed by atoms with Crippen LogP contribution in [0.1, 0.15) is 39.5 Å². The molecule has 0 aromatic carbocycles. The van der Waals surface area contributed by atoms with Gasteiger partial charge in [0.1, 0.15) is 0 Å². The van der Waals surface area contributed by atoms with E-state index in [9.17, 15) is 4.79 Å². The predicted molar refractivity (Wildman–Crippen MR) is 62.4 cm³/mol. The Labute approximate surface area is 93.0 Å². The zero-order valence-corrected chi connectivity index (χ0v) is 10.0. The molecule has 88 valence electrons. The highest BCUT2D eigenvalue weighted by Gasteiger charge is 2.27. The Morgan fingerprint density at radius 1 is 1.53 bits per heavy atom. The van der Waals surface area contributed by atoms with Crippen molar-refractivity contribution in [1.29, 1.82) is 0 Å². The molecule has 0 aromatic rings. The van der Waals surface area contributed by atoms with Gasteiger partial charge in [0.25, 0.3) is 0 Å². The molecule has 0 aromatic heterocycles. The molecule has 0 radical (unpaired) electrons. The SMILES string of the molecule is CCCCC(=O)N1CCC(C)C(CN)C1. The summed E-state index contributed by atoms with van der Waals surface area (Å²) in [7, 11) is 0. The van der Waals surface area contributed by atoms with Crippen LogP contribution < -0.4 is 5.73 Å². The van der Waals surface area contributed by atoms with Crippen LogP contribution in [0.25, 0.3) is 0 Å². The first-order valence-electron chi connectivity index (χ1n) is 6.16. The lowest BCUT2D eigenvalue weighted by molar-refractivity contribution is -0.133. The lowest BCUT2D eigenvalue weighted by Gasteiger charge is -2.36. The first kappa shape index (κ1) is 12.5. The molecule has 2 N–H and O–H groups in total. The molecule has 1 aliphatic heterocycles. The molecule has 1 amide bonds. The first-order chi connectivity index (χ1) is 7.19. The number of unbranched alkanes of at least 4 members (excludes halogenated alkanes) is 1. The molecule has 1 heterocycles. The molecule has 0 aliphatic carbocycles. The van der Waals surface area contributed by atoms with Gasteiger partial charge in [0, 0.05) is 19.5 Å². The van der Waals surface area contributed by atoms with Gasteiger partial charge in [-0.2, -0.15) is 0 Å². The first-order valence-corrected chi connectivity index (χ1v) is 6.16. The third-order valence-electron chi connectivity index (χ3n) is 3.51. The molecule has 3 heteroatoms. The Kier molecular flexibility index (Phi) is 5.09. The Bertz CT molecular complexity index is 206. The van der Waals surface area contributed by atoms with E-state index in [4.69, 9.17) is 5.73 Å². The number of nitrogens with two attached hydrogens (primary N) is 1. The molecule has 1 saturated heterocycles. The summed E-state index contributed by atoms with van der Waals surface area (Å²) in [5.41, 5.74) is 5.72. The van der Waals surface area contributed by atoms with Gasteiger partial charge in [-0.25, -0.2) is 0 Å². The van der Waals surface area contributed by atoms with Gasteiger partial charge in [0.2, 0.25) is 5.91 Å². The highest BCUT2D eigenvalue weighted by atomic mass is 16.2. The van der Waals surface area contributed by atoms with Crippen molar-refractivity contribution in [3.63, 3.8) is 0 Å². The highest BCUT2D eigenvalue weighted by Crippen LogP contribution is 2.22. The summed E-state index contributed by atoms with van der Waals surface area (Å²) in [6, 6.07) is 0.